The Balaban J connectivity index is 1.13. The van der Waals surface area contributed by atoms with E-state index in [4.69, 9.17) is 19.4 Å². The molecule has 2 aromatic heterocycles. The fraction of sp³-hybridized carbons (Fsp3) is 0.442. The molecule has 2 fully saturated rings. The van der Waals surface area contributed by atoms with Crippen LogP contribution in [0.25, 0.3) is 22.4 Å². The molecule has 6 rings (SSSR count). The fourth-order valence-corrected chi connectivity index (χ4v) is 7.13. The highest BCUT2D eigenvalue weighted by molar-refractivity contribution is 5.80. The Kier molecular flexibility index (Phi) is 10.7. The number of rotatable bonds is 5. The van der Waals surface area contributed by atoms with E-state index >= 15 is 0 Å². The summed E-state index contributed by atoms with van der Waals surface area (Å²) < 4.78 is 11.4. The number of allylic oxidation sites excluding steroid dienone is 9. The van der Waals surface area contributed by atoms with Gasteiger partial charge in [-0.1, -0.05) is 75.1 Å². The van der Waals surface area contributed by atoms with Crippen LogP contribution in [0.15, 0.2) is 85.3 Å². The lowest BCUT2D eigenvalue weighted by Crippen LogP contribution is -2.37. The van der Waals surface area contributed by atoms with Gasteiger partial charge in [0.25, 0.3) is 0 Å². The largest absolute Gasteiger partial charge is 0.444 e. The van der Waals surface area contributed by atoms with E-state index in [-0.39, 0.29) is 24.3 Å². The highest BCUT2D eigenvalue weighted by atomic mass is 16.6. The third-order valence-corrected chi connectivity index (χ3v) is 9.53. The van der Waals surface area contributed by atoms with Crippen molar-refractivity contribution in [2.24, 2.45) is 11.8 Å². The second-order valence-corrected chi connectivity index (χ2v) is 16.7. The topological polar surface area (TPSA) is 116 Å². The molecule has 3 aromatic rings. The minimum absolute atomic E-state index is 0.152. The maximum absolute atomic E-state index is 13.0. The van der Waals surface area contributed by atoms with Crippen molar-refractivity contribution in [2.75, 3.05) is 13.1 Å². The second-order valence-electron chi connectivity index (χ2n) is 16.7. The summed E-state index contributed by atoms with van der Waals surface area (Å²) in [5.41, 5.74) is 5.69. The smallest absolute Gasteiger partial charge is 0.410 e. The van der Waals surface area contributed by atoms with Gasteiger partial charge in [-0.15, -0.1) is 0 Å². The first-order chi connectivity index (χ1) is 25.0. The molecule has 0 unspecified atom stereocenters. The highest BCUT2D eigenvalue weighted by Gasteiger charge is 2.39. The van der Waals surface area contributed by atoms with Gasteiger partial charge in [0.15, 0.2) is 0 Å². The van der Waals surface area contributed by atoms with E-state index in [0.717, 1.165) is 70.1 Å². The van der Waals surface area contributed by atoms with Gasteiger partial charge in [0.2, 0.25) is 0 Å². The van der Waals surface area contributed by atoms with Gasteiger partial charge in [-0.2, -0.15) is 0 Å². The zero-order valence-corrected chi connectivity index (χ0v) is 32.4. The molecule has 1 aromatic carbocycles. The molecule has 280 valence electrons. The summed E-state index contributed by atoms with van der Waals surface area (Å²) in [6.07, 6.45) is 18.1. The van der Waals surface area contributed by atoms with Crippen LogP contribution in [0, 0.1) is 11.8 Å². The molecular weight excluding hydrogens is 665 g/mol. The van der Waals surface area contributed by atoms with Crippen molar-refractivity contribution in [3.63, 3.8) is 0 Å². The summed E-state index contributed by atoms with van der Waals surface area (Å²) in [4.78, 5) is 46.0. The van der Waals surface area contributed by atoms with Crippen molar-refractivity contribution in [1.29, 1.82) is 0 Å². The molecule has 10 nitrogen and oxygen atoms in total. The van der Waals surface area contributed by atoms with E-state index < -0.39 is 11.2 Å². The number of H-pyrrole nitrogens is 2. The van der Waals surface area contributed by atoms with Gasteiger partial charge >= 0.3 is 12.2 Å². The van der Waals surface area contributed by atoms with Crippen molar-refractivity contribution in [3.8, 4) is 11.3 Å². The predicted molar refractivity (Wildman–Crippen MR) is 210 cm³/mol. The van der Waals surface area contributed by atoms with Crippen molar-refractivity contribution in [3.05, 3.63) is 108 Å². The molecule has 2 aliphatic heterocycles. The van der Waals surface area contributed by atoms with E-state index in [9.17, 15) is 9.59 Å². The summed E-state index contributed by atoms with van der Waals surface area (Å²) >= 11 is 0. The van der Waals surface area contributed by atoms with Gasteiger partial charge in [0.1, 0.15) is 22.9 Å². The van der Waals surface area contributed by atoms with E-state index in [1.54, 1.807) is 9.80 Å². The molecule has 0 saturated carbocycles. The third-order valence-electron chi connectivity index (χ3n) is 9.53. The van der Waals surface area contributed by atoms with Crippen LogP contribution in [0.3, 0.4) is 0 Å². The Hall–Kier alpha value is -5.12. The molecular formula is C43H54N6O4. The number of carbonyl (C=O) groups is 2. The average molecular weight is 719 g/mol. The molecule has 10 heteroatoms. The van der Waals surface area contributed by atoms with Crippen LogP contribution in [-0.2, 0) is 9.47 Å². The van der Waals surface area contributed by atoms with Gasteiger partial charge in [0, 0.05) is 13.1 Å². The number of hydrogen-bond donors (Lipinski definition) is 2. The van der Waals surface area contributed by atoms with Crippen molar-refractivity contribution < 1.29 is 19.1 Å². The quantitative estimate of drug-likeness (QED) is 0.271. The van der Waals surface area contributed by atoms with Crippen LogP contribution >= 0.6 is 0 Å². The molecule has 0 radical (unpaired) electrons. The number of imidazole rings is 2. The number of amides is 2. The van der Waals surface area contributed by atoms with Crippen molar-refractivity contribution >= 4 is 23.3 Å². The van der Waals surface area contributed by atoms with Gasteiger partial charge < -0.3 is 19.4 Å². The molecule has 4 atom stereocenters. The number of benzene rings is 1. The minimum atomic E-state index is -0.560. The fourth-order valence-electron chi connectivity index (χ4n) is 7.13. The van der Waals surface area contributed by atoms with E-state index in [1.807, 2.05) is 60.0 Å². The van der Waals surface area contributed by atoms with Crippen molar-refractivity contribution in [1.82, 2.24) is 29.7 Å². The second kappa shape index (κ2) is 15.1. The number of nitrogens with one attached hydrogen (secondary N) is 2. The van der Waals surface area contributed by atoms with E-state index in [0.29, 0.717) is 24.9 Å². The Bertz CT molecular complexity index is 1950. The Labute approximate surface area is 313 Å². The van der Waals surface area contributed by atoms with Crippen LogP contribution in [-0.4, -0.2) is 66.2 Å². The first kappa shape index (κ1) is 37.6. The number of carbonyl (C=O) groups excluding carboxylic acids is 2. The Morgan fingerprint density at radius 2 is 1.25 bits per heavy atom. The number of nitrogens with zero attached hydrogens (tertiary/aromatic N) is 4. The lowest BCUT2D eigenvalue weighted by molar-refractivity contribution is 0.0204. The molecule has 2 amide bonds. The van der Waals surface area contributed by atoms with Crippen LogP contribution in [0.4, 0.5) is 9.59 Å². The summed E-state index contributed by atoms with van der Waals surface area (Å²) in [7, 11) is 0. The molecule has 0 bridgehead atoms. The third kappa shape index (κ3) is 9.28. The molecule has 2 saturated heterocycles. The first-order valence-corrected chi connectivity index (χ1v) is 18.7. The Morgan fingerprint density at radius 3 is 1.79 bits per heavy atom. The van der Waals surface area contributed by atoms with Crippen LogP contribution in [0.2, 0.25) is 0 Å². The summed E-state index contributed by atoms with van der Waals surface area (Å²) in [6.45, 7) is 21.2. The predicted octanol–water partition coefficient (Wildman–Crippen LogP) is 9.98. The molecule has 3 aliphatic rings. The van der Waals surface area contributed by atoms with Crippen molar-refractivity contribution in [2.45, 2.75) is 97.9 Å². The maximum Gasteiger partial charge on any atom is 0.410 e. The SMILES string of the molecule is C=C1/C=C\C(c2cnc([C@@H]3C[C@H](C)CN3C(=O)OC(C)(C)C)[nH]2)=C/C/C=C\C(c2ccc(-c3cnc([C@@H]4C[C@H](C)CN4C(=O)OC(C)(C)C)[nH]3)cc2)=C/1. The zero-order valence-electron chi connectivity index (χ0n) is 32.4. The molecule has 2 N–H and O–H groups in total. The number of ether oxygens (including phenoxy) is 2. The Morgan fingerprint density at radius 1 is 0.736 bits per heavy atom. The molecule has 4 heterocycles. The van der Waals surface area contributed by atoms with Gasteiger partial charge in [-0.3, -0.25) is 9.80 Å². The lowest BCUT2D eigenvalue weighted by Gasteiger charge is -2.27. The number of likely N-dealkylation sites (tertiary alicyclic amines) is 2. The maximum atomic E-state index is 13.0. The van der Waals surface area contributed by atoms with Gasteiger partial charge in [-0.25, -0.2) is 19.6 Å². The van der Waals surface area contributed by atoms with Crippen LogP contribution in [0.1, 0.15) is 110 Å². The summed E-state index contributed by atoms with van der Waals surface area (Å²) in [5.74, 6) is 2.24. The molecule has 0 spiro atoms. The van der Waals surface area contributed by atoms with E-state index in [2.05, 4.69) is 85.0 Å². The monoisotopic (exact) mass is 718 g/mol. The zero-order chi connectivity index (χ0) is 38.1. The lowest BCUT2D eigenvalue weighted by atomic mass is 9.99. The minimum Gasteiger partial charge on any atom is -0.444 e. The molecule has 1 aliphatic carbocycles. The summed E-state index contributed by atoms with van der Waals surface area (Å²) in [5, 5.41) is 0. The van der Waals surface area contributed by atoms with Crippen LogP contribution < -0.4 is 0 Å². The standard InChI is InChI=1S/C43H54N6O4/c1-27-14-15-31(34-23-44-38(46-34)36-21-28(2)25-48(36)40(50)52-42(4,5)6)12-10-11-13-33(20-27)30-16-18-32(19-17-30)35-24-45-39(47-35)37-22-29(3)26-49(37)41(51)53-43(7,8)9/h11-20,23-24,28-29,36-37H,1,10,21-22,25-26H2,2-9H3,(H,44,46)(H,45,47)/b13-11-,15-14-,31-12+,33-20+/t28-,29-,36-,37-/m0/s1. The van der Waals surface area contributed by atoms with Crippen LogP contribution in [0.5, 0.6) is 0 Å². The highest BCUT2D eigenvalue weighted by Crippen LogP contribution is 2.37. The van der Waals surface area contributed by atoms with E-state index in [1.165, 1.54) is 0 Å². The average Bonchev–Trinajstić information content (AvgIpc) is 3.89. The molecule has 53 heavy (non-hydrogen) atoms. The number of aromatic amines is 2. The number of aromatic nitrogens is 4. The number of hydrogen-bond acceptors (Lipinski definition) is 6. The first-order valence-electron chi connectivity index (χ1n) is 18.7. The normalized spacial score (nSPS) is 25.7. The summed E-state index contributed by atoms with van der Waals surface area (Å²) in [6, 6.07) is 8.08. The van der Waals surface area contributed by atoms with Gasteiger partial charge in [-0.05, 0) is 107 Å². The van der Waals surface area contributed by atoms with Gasteiger partial charge in [0.05, 0.1) is 35.9 Å².